The molecule has 0 spiro atoms. The molecule has 2 heterocycles. The molecule has 1 amide bonds. The second kappa shape index (κ2) is 8.24. The van der Waals surface area contributed by atoms with Gasteiger partial charge < -0.3 is 14.4 Å². The van der Waals surface area contributed by atoms with Crippen molar-refractivity contribution in [2.45, 2.75) is 13.8 Å². The number of nitrogens with zero attached hydrogens (tertiary/aromatic N) is 1. The van der Waals surface area contributed by atoms with Crippen LogP contribution >= 0.6 is 23.5 Å². The standard InChI is InChI=1S/C19H17NO6S2/c1-4-25-17(23)14-15(18(24)26-5-2)28-19(27-14)12-13(21)10-8-6-7-9-11(10)20(3)16(12)22/h6-9H,4-5H2,1-3H3. The number of benzene rings is 1. The van der Waals surface area contributed by atoms with Gasteiger partial charge in [-0.15, -0.1) is 0 Å². The SMILES string of the molecule is CCOC(=O)C1=C(C(=O)OCC)SC(=C2C(=O)c3ccccc3N(C)C2=O)S1. The normalized spacial score (nSPS) is 16.5. The maximum Gasteiger partial charge on any atom is 0.346 e. The molecule has 2 aliphatic rings. The largest absolute Gasteiger partial charge is 0.462 e. The van der Waals surface area contributed by atoms with E-state index in [1.165, 1.54) is 4.90 Å². The summed E-state index contributed by atoms with van der Waals surface area (Å²) >= 11 is 1.78. The topological polar surface area (TPSA) is 90.0 Å². The van der Waals surface area contributed by atoms with E-state index < -0.39 is 23.6 Å². The predicted molar refractivity (Wildman–Crippen MR) is 107 cm³/mol. The highest BCUT2D eigenvalue weighted by molar-refractivity contribution is 8.29. The number of ketones is 1. The van der Waals surface area contributed by atoms with Crippen LogP contribution in [0.1, 0.15) is 24.2 Å². The van der Waals surface area contributed by atoms with E-state index in [1.54, 1.807) is 45.2 Å². The van der Waals surface area contributed by atoms with E-state index in [9.17, 15) is 19.2 Å². The van der Waals surface area contributed by atoms with Crippen LogP contribution in [0.25, 0.3) is 0 Å². The Balaban J connectivity index is 2.06. The van der Waals surface area contributed by atoms with Crippen molar-refractivity contribution in [3.8, 4) is 0 Å². The van der Waals surface area contributed by atoms with Crippen LogP contribution < -0.4 is 4.90 Å². The highest BCUT2D eigenvalue weighted by Gasteiger charge is 2.41. The Morgan fingerprint density at radius 2 is 1.50 bits per heavy atom. The second-order valence-electron chi connectivity index (χ2n) is 5.68. The molecule has 7 nitrogen and oxygen atoms in total. The first-order valence-corrected chi connectivity index (χ1v) is 10.1. The van der Waals surface area contributed by atoms with Crippen LogP contribution in [-0.2, 0) is 23.9 Å². The van der Waals surface area contributed by atoms with Gasteiger partial charge in [0.25, 0.3) is 5.91 Å². The van der Waals surface area contributed by atoms with Crippen molar-refractivity contribution in [2.24, 2.45) is 0 Å². The summed E-state index contributed by atoms with van der Waals surface area (Å²) in [6.07, 6.45) is 0. The molecule has 0 saturated carbocycles. The van der Waals surface area contributed by atoms with Gasteiger partial charge in [-0.05, 0) is 26.0 Å². The molecule has 0 fully saturated rings. The van der Waals surface area contributed by atoms with Gasteiger partial charge in [0.1, 0.15) is 15.4 Å². The monoisotopic (exact) mass is 419 g/mol. The van der Waals surface area contributed by atoms with Gasteiger partial charge in [-0.2, -0.15) is 0 Å². The molecule has 1 aromatic rings. The third-order valence-electron chi connectivity index (χ3n) is 3.98. The first-order valence-electron chi connectivity index (χ1n) is 8.50. The smallest absolute Gasteiger partial charge is 0.346 e. The molecule has 0 aliphatic carbocycles. The number of carbonyl (C=O) groups is 4. The third kappa shape index (κ3) is 3.47. The lowest BCUT2D eigenvalue weighted by Gasteiger charge is -2.27. The minimum atomic E-state index is -0.692. The number of carbonyl (C=O) groups excluding carboxylic acids is 4. The number of para-hydroxylation sites is 1. The molecular formula is C19H17NO6S2. The minimum Gasteiger partial charge on any atom is -0.462 e. The van der Waals surface area contributed by atoms with Crippen molar-refractivity contribution in [1.82, 2.24) is 0 Å². The number of esters is 2. The van der Waals surface area contributed by atoms with Crippen LogP contribution in [0.15, 0.2) is 43.9 Å². The fourth-order valence-corrected chi connectivity index (χ4v) is 5.20. The summed E-state index contributed by atoms with van der Waals surface area (Å²) in [6.45, 7) is 3.55. The lowest BCUT2D eigenvalue weighted by atomic mass is 9.97. The van der Waals surface area contributed by atoms with Gasteiger partial charge in [-0.25, -0.2) is 9.59 Å². The average molecular weight is 419 g/mol. The molecule has 0 aromatic heterocycles. The van der Waals surface area contributed by atoms with Crippen molar-refractivity contribution in [3.05, 3.63) is 49.4 Å². The zero-order chi connectivity index (χ0) is 20.4. The zero-order valence-corrected chi connectivity index (χ0v) is 17.1. The van der Waals surface area contributed by atoms with E-state index >= 15 is 0 Å². The molecule has 0 unspecified atom stereocenters. The zero-order valence-electron chi connectivity index (χ0n) is 15.4. The van der Waals surface area contributed by atoms with Gasteiger partial charge in [0.15, 0.2) is 0 Å². The van der Waals surface area contributed by atoms with Gasteiger partial charge >= 0.3 is 11.9 Å². The summed E-state index contributed by atoms with van der Waals surface area (Å²) in [5.41, 5.74) is 0.826. The number of rotatable bonds is 4. The first-order chi connectivity index (χ1) is 13.4. The molecule has 0 atom stereocenters. The highest BCUT2D eigenvalue weighted by Crippen LogP contribution is 2.52. The molecule has 28 heavy (non-hydrogen) atoms. The van der Waals surface area contributed by atoms with E-state index in [2.05, 4.69) is 0 Å². The van der Waals surface area contributed by atoms with E-state index in [1.807, 2.05) is 0 Å². The number of fused-ring (bicyclic) bond motifs is 1. The molecule has 0 bridgehead atoms. The van der Waals surface area contributed by atoms with Crippen molar-refractivity contribution < 1.29 is 28.7 Å². The summed E-state index contributed by atoms with van der Waals surface area (Å²) in [7, 11) is 1.57. The van der Waals surface area contributed by atoms with Crippen LogP contribution in [0, 0.1) is 0 Å². The summed E-state index contributed by atoms with van der Waals surface area (Å²) in [5.74, 6) is -2.32. The van der Waals surface area contributed by atoms with Crippen molar-refractivity contribution >= 4 is 52.8 Å². The number of anilines is 1. The summed E-state index contributed by atoms with van der Waals surface area (Å²) in [5, 5.41) is 0. The Labute approximate surface area is 170 Å². The average Bonchev–Trinajstić information content (AvgIpc) is 3.12. The van der Waals surface area contributed by atoms with E-state index in [-0.39, 0.29) is 32.8 Å². The van der Waals surface area contributed by atoms with Gasteiger partial charge in [0.2, 0.25) is 5.78 Å². The summed E-state index contributed by atoms with van der Waals surface area (Å²) in [6, 6.07) is 6.78. The Kier molecular flexibility index (Phi) is 5.95. The van der Waals surface area contributed by atoms with Crippen LogP contribution in [-0.4, -0.2) is 43.9 Å². The molecule has 0 radical (unpaired) electrons. The van der Waals surface area contributed by atoms with Crippen molar-refractivity contribution in [3.63, 3.8) is 0 Å². The highest BCUT2D eigenvalue weighted by atomic mass is 32.2. The van der Waals surface area contributed by atoms with Crippen LogP contribution in [0.2, 0.25) is 0 Å². The van der Waals surface area contributed by atoms with Gasteiger partial charge in [-0.1, -0.05) is 35.7 Å². The first kappa shape index (κ1) is 20.2. The van der Waals surface area contributed by atoms with Gasteiger partial charge in [0.05, 0.1) is 23.1 Å². The third-order valence-corrected chi connectivity index (χ3v) is 6.54. The van der Waals surface area contributed by atoms with Gasteiger partial charge in [0, 0.05) is 12.6 Å². The molecule has 146 valence electrons. The Bertz CT molecular complexity index is 917. The number of hydrogen-bond donors (Lipinski definition) is 0. The maximum absolute atomic E-state index is 13.0. The van der Waals surface area contributed by atoms with E-state index in [0.29, 0.717) is 11.3 Å². The molecular weight excluding hydrogens is 402 g/mol. The number of hydrogen-bond acceptors (Lipinski definition) is 8. The Morgan fingerprint density at radius 3 is 2.04 bits per heavy atom. The predicted octanol–water partition coefficient (Wildman–Crippen LogP) is 2.88. The Morgan fingerprint density at radius 1 is 0.964 bits per heavy atom. The Hall–Kier alpha value is -2.52. The summed E-state index contributed by atoms with van der Waals surface area (Å²) < 4.78 is 10.3. The minimum absolute atomic E-state index is 0.0231. The number of likely N-dealkylation sites (N-methyl/N-ethyl adjacent to an activating group) is 1. The van der Waals surface area contributed by atoms with Crippen LogP contribution in [0.3, 0.4) is 0 Å². The fourth-order valence-electron chi connectivity index (χ4n) is 2.71. The molecule has 2 aliphatic heterocycles. The number of amides is 1. The second-order valence-corrected chi connectivity index (χ2v) is 7.98. The number of thioether (sulfide) groups is 2. The van der Waals surface area contributed by atoms with Crippen LogP contribution in [0.5, 0.6) is 0 Å². The van der Waals surface area contributed by atoms with Gasteiger partial charge in [-0.3, -0.25) is 9.59 Å². The van der Waals surface area contributed by atoms with Crippen molar-refractivity contribution in [2.75, 3.05) is 25.2 Å². The molecule has 1 aromatic carbocycles. The fraction of sp³-hybridized carbons (Fsp3) is 0.263. The molecule has 9 heteroatoms. The molecule has 3 rings (SSSR count). The lowest BCUT2D eigenvalue weighted by molar-refractivity contribution is -0.140. The molecule has 0 saturated heterocycles. The summed E-state index contributed by atoms with van der Waals surface area (Å²) in [4.78, 5) is 51.9. The molecule has 0 N–H and O–H groups in total. The quantitative estimate of drug-likeness (QED) is 0.418. The van der Waals surface area contributed by atoms with Crippen molar-refractivity contribution in [1.29, 1.82) is 0 Å². The van der Waals surface area contributed by atoms with E-state index in [4.69, 9.17) is 9.47 Å². The van der Waals surface area contributed by atoms with E-state index in [0.717, 1.165) is 23.5 Å². The lowest BCUT2D eigenvalue weighted by Crippen LogP contribution is -2.37. The van der Waals surface area contributed by atoms with Crippen LogP contribution in [0.4, 0.5) is 5.69 Å². The number of Topliss-reactive ketones (excluding diaryl/α,β-unsaturated/α-hetero) is 1. The number of ether oxygens (including phenoxy) is 2. The maximum atomic E-state index is 13.0.